The van der Waals surface area contributed by atoms with Gasteiger partial charge in [-0.1, -0.05) is 11.6 Å². The van der Waals surface area contributed by atoms with Gasteiger partial charge in [0.1, 0.15) is 5.65 Å². The second-order valence-corrected chi connectivity index (χ2v) is 10.3. The van der Waals surface area contributed by atoms with Gasteiger partial charge in [0.2, 0.25) is 0 Å². The molecule has 1 aromatic carbocycles. The zero-order valence-corrected chi connectivity index (χ0v) is 21.4. The Bertz CT molecular complexity index is 1080. The van der Waals surface area contributed by atoms with Gasteiger partial charge in [-0.05, 0) is 102 Å². The SMILES string of the molecule is Cc1cc(N2CCC(CCO)CC2)c2c(C)c(C)n(-c3c(Br)cc(Cl)cc3Br)c2n1. The fourth-order valence-corrected chi connectivity index (χ4v) is 6.61. The first-order chi connectivity index (χ1) is 14.3. The molecule has 2 aromatic heterocycles. The molecule has 30 heavy (non-hydrogen) atoms. The number of hydrogen-bond acceptors (Lipinski definition) is 3. The summed E-state index contributed by atoms with van der Waals surface area (Å²) in [6.45, 7) is 8.72. The first kappa shape index (κ1) is 22.1. The summed E-state index contributed by atoms with van der Waals surface area (Å²) in [7, 11) is 0. The van der Waals surface area contributed by atoms with Gasteiger partial charge in [0, 0.05) is 56.1 Å². The number of fused-ring (bicyclic) bond motifs is 1. The van der Waals surface area contributed by atoms with E-state index in [9.17, 15) is 5.11 Å². The average Bonchev–Trinajstić information content (AvgIpc) is 2.92. The van der Waals surface area contributed by atoms with E-state index in [1.807, 2.05) is 12.1 Å². The van der Waals surface area contributed by atoms with E-state index < -0.39 is 0 Å². The Hall–Kier alpha value is -1.08. The molecule has 7 heteroatoms. The molecule has 4 nitrogen and oxygen atoms in total. The number of anilines is 1. The van der Waals surface area contributed by atoms with Crippen molar-refractivity contribution >= 4 is 60.2 Å². The molecule has 1 aliphatic rings. The van der Waals surface area contributed by atoms with Gasteiger partial charge >= 0.3 is 0 Å². The molecule has 1 fully saturated rings. The van der Waals surface area contributed by atoms with E-state index in [0.717, 1.165) is 58.3 Å². The highest BCUT2D eigenvalue weighted by Gasteiger charge is 2.25. The second kappa shape index (κ2) is 8.81. The average molecular weight is 556 g/mol. The van der Waals surface area contributed by atoms with Crippen molar-refractivity contribution in [3.05, 3.63) is 49.1 Å². The third-order valence-electron chi connectivity index (χ3n) is 6.27. The summed E-state index contributed by atoms with van der Waals surface area (Å²) in [5, 5.41) is 11.2. The highest BCUT2D eigenvalue weighted by atomic mass is 79.9. The number of rotatable bonds is 4. The number of hydrogen-bond donors (Lipinski definition) is 1. The number of nitrogens with zero attached hydrogens (tertiary/aromatic N) is 3. The fraction of sp³-hybridized carbons (Fsp3) is 0.435. The zero-order valence-electron chi connectivity index (χ0n) is 17.5. The maximum absolute atomic E-state index is 9.28. The molecule has 0 radical (unpaired) electrons. The lowest BCUT2D eigenvalue weighted by molar-refractivity contribution is 0.240. The van der Waals surface area contributed by atoms with Gasteiger partial charge in [0.25, 0.3) is 0 Å². The van der Waals surface area contributed by atoms with Crippen molar-refractivity contribution < 1.29 is 5.11 Å². The smallest absolute Gasteiger partial charge is 0.147 e. The van der Waals surface area contributed by atoms with Gasteiger partial charge in [-0.3, -0.25) is 4.57 Å². The Morgan fingerprint density at radius 3 is 2.33 bits per heavy atom. The molecule has 1 aliphatic heterocycles. The molecule has 0 amide bonds. The van der Waals surface area contributed by atoms with E-state index in [0.29, 0.717) is 10.9 Å². The minimum absolute atomic E-state index is 0.287. The second-order valence-electron chi connectivity index (χ2n) is 8.19. The number of halogens is 3. The topological polar surface area (TPSA) is 41.3 Å². The van der Waals surface area contributed by atoms with E-state index in [1.54, 1.807) is 0 Å². The largest absolute Gasteiger partial charge is 0.396 e. The summed E-state index contributed by atoms with van der Waals surface area (Å²) in [4.78, 5) is 7.46. The summed E-state index contributed by atoms with van der Waals surface area (Å²) in [6, 6.07) is 6.06. The number of aryl methyl sites for hydroxylation is 2. The summed E-state index contributed by atoms with van der Waals surface area (Å²) in [5.74, 6) is 0.623. The molecule has 0 bridgehead atoms. The number of aromatic nitrogens is 2. The minimum atomic E-state index is 0.287. The normalized spacial score (nSPS) is 15.4. The van der Waals surface area contributed by atoms with Crippen LogP contribution in [0.25, 0.3) is 16.7 Å². The summed E-state index contributed by atoms with van der Waals surface area (Å²) in [6.07, 6.45) is 3.15. The van der Waals surface area contributed by atoms with E-state index in [-0.39, 0.29) is 6.61 Å². The van der Waals surface area contributed by atoms with E-state index in [4.69, 9.17) is 16.6 Å². The van der Waals surface area contributed by atoms with Gasteiger partial charge < -0.3 is 10.0 Å². The van der Waals surface area contributed by atoms with Crippen LogP contribution < -0.4 is 4.90 Å². The van der Waals surface area contributed by atoms with Crippen LogP contribution in [0.4, 0.5) is 5.69 Å². The standard InChI is InChI=1S/C23H26Br2ClN3O/c1-13-10-20(28-7-4-16(5-8-28)6-9-30)21-14(2)15(3)29(23(21)27-13)22-18(24)11-17(26)12-19(22)25/h10-12,16,30H,4-9H2,1-3H3. The van der Waals surface area contributed by atoms with Crippen LogP contribution in [-0.2, 0) is 0 Å². The van der Waals surface area contributed by atoms with Gasteiger partial charge in [0.05, 0.1) is 5.69 Å². The molecule has 4 rings (SSSR count). The number of piperidine rings is 1. The van der Waals surface area contributed by atoms with Crippen molar-refractivity contribution in [2.24, 2.45) is 5.92 Å². The lowest BCUT2D eigenvalue weighted by Crippen LogP contribution is -2.34. The van der Waals surface area contributed by atoms with Crippen molar-refractivity contribution in [3.63, 3.8) is 0 Å². The van der Waals surface area contributed by atoms with Crippen LogP contribution in [0.5, 0.6) is 0 Å². The fourth-order valence-electron chi connectivity index (χ4n) is 4.59. The molecule has 3 heterocycles. The summed E-state index contributed by atoms with van der Waals surface area (Å²) in [5.41, 5.74) is 6.68. The van der Waals surface area contributed by atoms with E-state index in [1.165, 1.54) is 22.3 Å². The summed E-state index contributed by atoms with van der Waals surface area (Å²) >= 11 is 13.7. The van der Waals surface area contributed by atoms with Crippen LogP contribution in [0, 0.1) is 26.7 Å². The Labute approximate surface area is 199 Å². The molecule has 1 N–H and O–H groups in total. The van der Waals surface area contributed by atoms with Gasteiger partial charge in [-0.15, -0.1) is 0 Å². The molecule has 0 atom stereocenters. The molecular formula is C23H26Br2ClN3O. The number of aliphatic hydroxyl groups excluding tert-OH is 1. The van der Waals surface area contributed by atoms with Crippen molar-refractivity contribution in [2.75, 3.05) is 24.6 Å². The van der Waals surface area contributed by atoms with Crippen LogP contribution >= 0.6 is 43.5 Å². The van der Waals surface area contributed by atoms with Crippen LogP contribution in [0.2, 0.25) is 5.02 Å². The Morgan fingerprint density at radius 1 is 1.10 bits per heavy atom. The van der Waals surface area contributed by atoms with Crippen LogP contribution in [0.3, 0.4) is 0 Å². The Balaban J connectivity index is 1.88. The first-order valence-corrected chi connectivity index (χ1v) is 12.3. The molecule has 1 saturated heterocycles. The van der Waals surface area contributed by atoms with Gasteiger partial charge in [0.15, 0.2) is 0 Å². The maximum Gasteiger partial charge on any atom is 0.147 e. The molecule has 0 aliphatic carbocycles. The highest BCUT2D eigenvalue weighted by Crippen LogP contribution is 2.41. The molecular weight excluding hydrogens is 530 g/mol. The Kier molecular flexibility index (Phi) is 6.50. The third-order valence-corrected chi connectivity index (χ3v) is 7.70. The van der Waals surface area contributed by atoms with Crippen molar-refractivity contribution in [2.45, 2.75) is 40.0 Å². The molecule has 0 saturated carbocycles. The molecule has 0 spiro atoms. The molecule has 3 aromatic rings. The monoisotopic (exact) mass is 553 g/mol. The van der Waals surface area contributed by atoms with E-state index >= 15 is 0 Å². The van der Waals surface area contributed by atoms with Gasteiger partial charge in [-0.25, -0.2) is 4.98 Å². The Morgan fingerprint density at radius 2 is 1.73 bits per heavy atom. The predicted octanol–water partition coefficient (Wildman–Crippen LogP) is 6.73. The third kappa shape index (κ3) is 3.92. The van der Waals surface area contributed by atoms with Crippen LogP contribution in [0.15, 0.2) is 27.1 Å². The van der Waals surface area contributed by atoms with Crippen molar-refractivity contribution in [1.82, 2.24) is 9.55 Å². The molecule has 0 unspecified atom stereocenters. The van der Waals surface area contributed by atoms with Crippen LogP contribution in [-0.4, -0.2) is 34.4 Å². The number of aliphatic hydroxyl groups is 1. The summed E-state index contributed by atoms with van der Waals surface area (Å²) < 4.78 is 4.08. The van der Waals surface area contributed by atoms with Gasteiger partial charge in [-0.2, -0.15) is 0 Å². The highest BCUT2D eigenvalue weighted by molar-refractivity contribution is 9.11. The van der Waals surface area contributed by atoms with E-state index in [2.05, 4.69) is 68.2 Å². The zero-order chi connectivity index (χ0) is 21.6. The first-order valence-electron chi connectivity index (χ1n) is 10.3. The van der Waals surface area contributed by atoms with Crippen LogP contribution in [0.1, 0.15) is 36.2 Å². The minimum Gasteiger partial charge on any atom is -0.396 e. The number of pyridine rings is 1. The predicted molar refractivity (Wildman–Crippen MR) is 132 cm³/mol. The van der Waals surface area contributed by atoms with Crippen molar-refractivity contribution in [3.8, 4) is 5.69 Å². The maximum atomic E-state index is 9.28. The van der Waals surface area contributed by atoms with Crippen molar-refractivity contribution in [1.29, 1.82) is 0 Å². The molecule has 160 valence electrons. The lowest BCUT2D eigenvalue weighted by Gasteiger charge is -2.34. The number of benzene rings is 1. The quantitative estimate of drug-likeness (QED) is 0.388. The lowest BCUT2D eigenvalue weighted by atomic mass is 9.93.